The van der Waals surface area contributed by atoms with Gasteiger partial charge >= 0.3 is 0 Å². The summed E-state index contributed by atoms with van der Waals surface area (Å²) < 4.78 is 0. The lowest BCUT2D eigenvalue weighted by Crippen LogP contribution is -2.40. The molecular weight excluding hydrogens is 248 g/mol. The van der Waals surface area contributed by atoms with Crippen LogP contribution in [0.25, 0.3) is 10.8 Å². The second-order valence-corrected chi connectivity index (χ2v) is 5.81. The van der Waals surface area contributed by atoms with Crippen LogP contribution in [-0.2, 0) is 4.79 Å². The van der Waals surface area contributed by atoms with Gasteiger partial charge in [-0.1, -0.05) is 42.8 Å². The lowest BCUT2D eigenvalue weighted by molar-refractivity contribution is -0.119. The van der Waals surface area contributed by atoms with Crippen molar-refractivity contribution in [1.29, 1.82) is 0 Å². The first-order chi connectivity index (χ1) is 9.72. The third kappa shape index (κ3) is 2.41. The number of anilines is 1. The Morgan fingerprint density at radius 1 is 1.15 bits per heavy atom. The van der Waals surface area contributed by atoms with E-state index in [-0.39, 0.29) is 11.3 Å². The molecule has 3 nitrogen and oxygen atoms in total. The highest BCUT2D eigenvalue weighted by atomic mass is 16.1. The lowest BCUT2D eigenvalue weighted by Gasteiger charge is -2.40. The van der Waals surface area contributed by atoms with E-state index in [1.54, 1.807) is 0 Å². The van der Waals surface area contributed by atoms with E-state index >= 15 is 0 Å². The molecular formula is C17H20N2O. The number of fused-ring (bicyclic) bond motifs is 1. The molecule has 2 aromatic rings. The maximum absolute atomic E-state index is 12.3. The van der Waals surface area contributed by atoms with Crippen LogP contribution < -0.4 is 11.1 Å². The number of benzene rings is 2. The Labute approximate surface area is 119 Å². The minimum absolute atomic E-state index is 0.0503. The molecule has 3 rings (SSSR count). The average Bonchev–Trinajstić information content (AvgIpc) is 2.43. The third-order valence-electron chi connectivity index (χ3n) is 4.45. The largest absolute Gasteiger partial charge is 0.330 e. The van der Waals surface area contributed by atoms with Crippen molar-refractivity contribution in [3.63, 3.8) is 0 Å². The summed E-state index contributed by atoms with van der Waals surface area (Å²) in [5, 5.41) is 5.27. The molecule has 0 aromatic heterocycles. The molecule has 3 heteroatoms. The van der Waals surface area contributed by atoms with Gasteiger partial charge in [0.25, 0.3) is 0 Å². The van der Waals surface area contributed by atoms with Gasteiger partial charge in [-0.15, -0.1) is 0 Å². The van der Waals surface area contributed by atoms with Gasteiger partial charge in [0.05, 0.1) is 0 Å². The zero-order valence-corrected chi connectivity index (χ0v) is 11.6. The molecule has 104 valence electrons. The van der Waals surface area contributed by atoms with Crippen molar-refractivity contribution in [2.75, 3.05) is 11.9 Å². The van der Waals surface area contributed by atoms with Crippen molar-refractivity contribution >= 4 is 22.4 Å². The monoisotopic (exact) mass is 268 g/mol. The van der Waals surface area contributed by atoms with E-state index in [4.69, 9.17) is 5.73 Å². The average molecular weight is 268 g/mol. The predicted molar refractivity (Wildman–Crippen MR) is 82.5 cm³/mol. The van der Waals surface area contributed by atoms with Crippen molar-refractivity contribution in [2.45, 2.75) is 25.7 Å². The summed E-state index contributed by atoms with van der Waals surface area (Å²) in [5.74, 6) is 0.0755. The minimum Gasteiger partial charge on any atom is -0.330 e. The quantitative estimate of drug-likeness (QED) is 0.894. The third-order valence-corrected chi connectivity index (χ3v) is 4.45. The van der Waals surface area contributed by atoms with E-state index in [0.717, 1.165) is 29.3 Å². The first-order valence-electron chi connectivity index (χ1n) is 7.20. The Bertz CT molecular complexity index is 621. The molecule has 2 aromatic carbocycles. The van der Waals surface area contributed by atoms with Gasteiger partial charge in [0, 0.05) is 17.5 Å². The van der Waals surface area contributed by atoms with E-state index in [1.807, 2.05) is 30.3 Å². The van der Waals surface area contributed by atoms with Gasteiger partial charge in [-0.2, -0.15) is 0 Å². The van der Waals surface area contributed by atoms with Crippen molar-refractivity contribution in [3.05, 3.63) is 42.5 Å². The van der Waals surface area contributed by atoms with Crippen LogP contribution in [-0.4, -0.2) is 12.5 Å². The maximum atomic E-state index is 12.3. The number of nitrogens with two attached hydrogens (primary N) is 1. The highest BCUT2D eigenvalue weighted by molar-refractivity contribution is 6.02. The van der Waals surface area contributed by atoms with Gasteiger partial charge in [-0.05, 0) is 36.3 Å². The van der Waals surface area contributed by atoms with Crippen LogP contribution >= 0.6 is 0 Å². The fourth-order valence-corrected chi connectivity index (χ4v) is 3.00. The number of amides is 1. The van der Waals surface area contributed by atoms with Crippen molar-refractivity contribution in [3.8, 4) is 0 Å². The van der Waals surface area contributed by atoms with Gasteiger partial charge in [0.15, 0.2) is 0 Å². The van der Waals surface area contributed by atoms with Crippen LogP contribution in [0.2, 0.25) is 0 Å². The van der Waals surface area contributed by atoms with Gasteiger partial charge in [-0.3, -0.25) is 4.79 Å². The molecule has 1 aliphatic rings. The highest BCUT2D eigenvalue weighted by Crippen LogP contribution is 2.43. The zero-order valence-electron chi connectivity index (χ0n) is 11.6. The Balaban J connectivity index is 1.77. The van der Waals surface area contributed by atoms with E-state index in [1.165, 1.54) is 6.42 Å². The molecule has 0 radical (unpaired) electrons. The molecule has 3 N–H and O–H groups in total. The second-order valence-electron chi connectivity index (χ2n) is 5.81. The number of hydrogen-bond acceptors (Lipinski definition) is 2. The number of hydrogen-bond donors (Lipinski definition) is 2. The van der Waals surface area contributed by atoms with Gasteiger partial charge < -0.3 is 11.1 Å². The van der Waals surface area contributed by atoms with E-state index in [2.05, 4.69) is 17.4 Å². The molecule has 0 atom stereocenters. The summed E-state index contributed by atoms with van der Waals surface area (Å²) in [6.45, 7) is 0.607. The Kier molecular flexibility index (Phi) is 3.45. The molecule has 1 saturated carbocycles. The fraction of sp³-hybridized carbons (Fsp3) is 0.353. The van der Waals surface area contributed by atoms with Gasteiger partial charge in [0.1, 0.15) is 0 Å². The van der Waals surface area contributed by atoms with Crippen LogP contribution in [0.3, 0.4) is 0 Å². The SMILES string of the molecule is NCC1(CC(=O)Nc2cccc3ccccc23)CCC1. The summed E-state index contributed by atoms with van der Waals surface area (Å²) in [5.41, 5.74) is 6.76. The highest BCUT2D eigenvalue weighted by Gasteiger charge is 2.37. The van der Waals surface area contributed by atoms with Crippen molar-refractivity contribution < 1.29 is 4.79 Å². The predicted octanol–water partition coefficient (Wildman–Crippen LogP) is 3.30. The minimum atomic E-state index is 0.0503. The van der Waals surface area contributed by atoms with Crippen LogP contribution in [0.5, 0.6) is 0 Å². The Hall–Kier alpha value is -1.87. The lowest BCUT2D eigenvalue weighted by atomic mass is 9.66. The molecule has 0 spiro atoms. The normalized spacial score (nSPS) is 16.6. The van der Waals surface area contributed by atoms with Crippen LogP contribution in [0, 0.1) is 5.41 Å². The molecule has 1 fully saturated rings. The Morgan fingerprint density at radius 3 is 2.60 bits per heavy atom. The number of carbonyl (C=O) groups is 1. The summed E-state index contributed by atoms with van der Waals surface area (Å²) in [6.07, 6.45) is 3.88. The standard InChI is InChI=1S/C17H20N2O/c18-12-17(9-4-10-17)11-16(20)19-15-8-3-6-13-5-1-2-7-14(13)15/h1-3,5-8H,4,9-12,18H2,(H,19,20). The molecule has 0 aliphatic heterocycles. The summed E-state index contributed by atoms with van der Waals surface area (Å²) in [7, 11) is 0. The first-order valence-corrected chi connectivity index (χ1v) is 7.20. The van der Waals surface area contributed by atoms with E-state index in [0.29, 0.717) is 13.0 Å². The summed E-state index contributed by atoms with van der Waals surface area (Å²) >= 11 is 0. The molecule has 0 heterocycles. The van der Waals surface area contributed by atoms with Crippen LogP contribution in [0.4, 0.5) is 5.69 Å². The molecule has 1 aliphatic carbocycles. The van der Waals surface area contributed by atoms with E-state index < -0.39 is 0 Å². The van der Waals surface area contributed by atoms with Crippen LogP contribution in [0.1, 0.15) is 25.7 Å². The van der Waals surface area contributed by atoms with Crippen molar-refractivity contribution in [1.82, 2.24) is 0 Å². The smallest absolute Gasteiger partial charge is 0.224 e. The molecule has 1 amide bonds. The van der Waals surface area contributed by atoms with Gasteiger partial charge in [-0.25, -0.2) is 0 Å². The summed E-state index contributed by atoms with van der Waals surface area (Å²) in [4.78, 5) is 12.3. The molecule has 0 bridgehead atoms. The van der Waals surface area contributed by atoms with Gasteiger partial charge in [0.2, 0.25) is 5.91 Å². The topological polar surface area (TPSA) is 55.1 Å². The molecule has 0 unspecified atom stereocenters. The number of nitrogens with one attached hydrogen (secondary N) is 1. The Morgan fingerprint density at radius 2 is 1.90 bits per heavy atom. The maximum Gasteiger partial charge on any atom is 0.224 e. The molecule has 0 saturated heterocycles. The first kappa shape index (κ1) is 13.1. The fourth-order valence-electron chi connectivity index (χ4n) is 3.00. The second kappa shape index (κ2) is 5.25. The van der Waals surface area contributed by atoms with E-state index in [9.17, 15) is 4.79 Å². The molecule has 20 heavy (non-hydrogen) atoms. The number of carbonyl (C=O) groups excluding carboxylic acids is 1. The van der Waals surface area contributed by atoms with Crippen LogP contribution in [0.15, 0.2) is 42.5 Å². The zero-order chi connectivity index (χ0) is 14.0. The number of rotatable bonds is 4. The summed E-state index contributed by atoms with van der Waals surface area (Å²) in [6, 6.07) is 14.1. The van der Waals surface area contributed by atoms with Crippen molar-refractivity contribution in [2.24, 2.45) is 11.1 Å².